The molecule has 0 aliphatic heterocycles. The second-order valence-electron chi connectivity index (χ2n) is 3.85. The highest BCUT2D eigenvalue weighted by Gasteiger charge is 2.25. The van der Waals surface area contributed by atoms with Gasteiger partial charge in [-0.15, -0.1) is 0 Å². The number of hydrogen-bond acceptors (Lipinski definition) is 4. The Kier molecular flexibility index (Phi) is 5.68. The van der Waals surface area contributed by atoms with Crippen molar-refractivity contribution in [1.82, 2.24) is 0 Å². The van der Waals surface area contributed by atoms with Gasteiger partial charge in [-0.05, 0) is 20.8 Å². The number of hydrogen-bond donors (Lipinski definition) is 1. The van der Waals surface area contributed by atoms with Gasteiger partial charge < -0.3 is 15.2 Å². The molecule has 1 radical (unpaired) electrons. The molecule has 5 nitrogen and oxygen atoms in total. The zero-order valence-corrected chi connectivity index (χ0v) is 8.91. The lowest BCUT2D eigenvalue weighted by atomic mass is 10.2. The number of nitrogens with two attached hydrogens (primary N) is 1. The quantitative estimate of drug-likeness (QED) is 0.644. The molecule has 0 spiro atoms. The Bertz CT molecular complexity index is 176. The molecule has 1 unspecified atom stereocenters. The lowest BCUT2D eigenvalue weighted by molar-refractivity contribution is -0.172. The topological polar surface area (TPSA) is 81.5 Å². The van der Waals surface area contributed by atoms with Crippen LogP contribution < -0.4 is 5.73 Å². The van der Waals surface area contributed by atoms with Crippen LogP contribution in [0.4, 0.5) is 0 Å². The van der Waals surface area contributed by atoms with Gasteiger partial charge in [0.1, 0.15) is 12.2 Å². The van der Waals surface area contributed by atoms with Gasteiger partial charge >= 0.3 is 5.97 Å². The van der Waals surface area contributed by atoms with E-state index in [0.29, 0.717) is 0 Å². The third kappa shape index (κ3) is 5.90. The van der Waals surface area contributed by atoms with Crippen molar-refractivity contribution in [2.24, 2.45) is 5.73 Å². The van der Waals surface area contributed by atoms with Gasteiger partial charge in [0.25, 0.3) is 0 Å². The summed E-state index contributed by atoms with van der Waals surface area (Å²) in [5.74, 6) is -0.624. The van der Waals surface area contributed by atoms with Crippen LogP contribution in [0.1, 0.15) is 20.8 Å². The third-order valence-corrected chi connectivity index (χ3v) is 1.26. The molecule has 0 aromatic carbocycles. The summed E-state index contributed by atoms with van der Waals surface area (Å²) < 4.78 is 9.92. The van der Waals surface area contributed by atoms with Crippen molar-refractivity contribution in [1.29, 1.82) is 0 Å². The monoisotopic (exact) mass is 204 g/mol. The Hall–Kier alpha value is -0.650. The molecule has 0 saturated carbocycles. The molecule has 5 heteroatoms. The van der Waals surface area contributed by atoms with Crippen molar-refractivity contribution >= 4 is 5.97 Å². The molecule has 1 atom stereocenters. The molecule has 0 aromatic rings. The first-order chi connectivity index (χ1) is 6.40. The standard InChI is InChI=1S/C9H18NO4/c1-9(2,3)14-8(12)7(6-11)13-5-4-10/h7H,4-6,10H2,1-3H3. The molecular formula is C9H18NO4. The van der Waals surface area contributed by atoms with Gasteiger partial charge in [0.2, 0.25) is 0 Å². The van der Waals surface area contributed by atoms with Gasteiger partial charge in [0.05, 0.1) is 6.61 Å². The van der Waals surface area contributed by atoms with E-state index in [9.17, 15) is 9.90 Å². The molecule has 0 aliphatic carbocycles. The fraction of sp³-hybridized carbons (Fsp3) is 0.889. The van der Waals surface area contributed by atoms with Gasteiger partial charge in [0, 0.05) is 6.54 Å². The summed E-state index contributed by atoms with van der Waals surface area (Å²) in [6.45, 7) is 5.02. The fourth-order valence-electron chi connectivity index (χ4n) is 0.762. The van der Waals surface area contributed by atoms with Crippen molar-refractivity contribution < 1.29 is 19.4 Å². The Morgan fingerprint density at radius 1 is 1.43 bits per heavy atom. The molecular weight excluding hydrogens is 186 g/mol. The highest BCUT2D eigenvalue weighted by Crippen LogP contribution is 2.09. The largest absolute Gasteiger partial charge is 0.458 e. The first-order valence-electron chi connectivity index (χ1n) is 4.53. The minimum atomic E-state index is -1.04. The SMILES string of the molecule is CC(C)(C)OC(=O)C(C[O])OCCN. The smallest absolute Gasteiger partial charge is 0.338 e. The van der Waals surface area contributed by atoms with Gasteiger partial charge in [-0.25, -0.2) is 9.90 Å². The molecule has 0 heterocycles. The van der Waals surface area contributed by atoms with Crippen LogP contribution in [0.5, 0.6) is 0 Å². The molecule has 0 rings (SSSR count). The Morgan fingerprint density at radius 2 is 2.00 bits per heavy atom. The van der Waals surface area contributed by atoms with Gasteiger partial charge in [-0.3, -0.25) is 0 Å². The average molecular weight is 204 g/mol. The summed E-state index contributed by atoms with van der Waals surface area (Å²) >= 11 is 0. The number of esters is 1. The van der Waals surface area contributed by atoms with E-state index in [1.54, 1.807) is 20.8 Å². The van der Waals surface area contributed by atoms with Crippen molar-refractivity contribution in [3.63, 3.8) is 0 Å². The number of carbonyl (C=O) groups excluding carboxylic acids is 1. The molecule has 0 aromatic heterocycles. The zero-order chi connectivity index (χ0) is 11.2. The molecule has 0 fully saturated rings. The second-order valence-corrected chi connectivity index (χ2v) is 3.85. The van der Waals surface area contributed by atoms with Crippen LogP contribution in [0, 0.1) is 0 Å². The van der Waals surface area contributed by atoms with E-state index in [1.807, 2.05) is 0 Å². The lowest BCUT2D eigenvalue weighted by Crippen LogP contribution is -2.36. The summed E-state index contributed by atoms with van der Waals surface area (Å²) in [6, 6.07) is 0. The minimum absolute atomic E-state index is 0.187. The van der Waals surface area contributed by atoms with Gasteiger partial charge in [-0.2, -0.15) is 0 Å². The second kappa shape index (κ2) is 5.95. The highest BCUT2D eigenvalue weighted by atomic mass is 16.6. The molecule has 0 amide bonds. The van der Waals surface area contributed by atoms with E-state index in [-0.39, 0.29) is 13.2 Å². The van der Waals surface area contributed by atoms with Gasteiger partial charge in [0.15, 0.2) is 6.10 Å². The summed E-state index contributed by atoms with van der Waals surface area (Å²) in [7, 11) is 0. The van der Waals surface area contributed by atoms with Crippen LogP contribution in [0.2, 0.25) is 0 Å². The number of ether oxygens (including phenoxy) is 2. The third-order valence-electron chi connectivity index (χ3n) is 1.26. The lowest BCUT2D eigenvalue weighted by Gasteiger charge is -2.22. The predicted molar refractivity (Wildman–Crippen MR) is 50.2 cm³/mol. The van der Waals surface area contributed by atoms with E-state index in [4.69, 9.17) is 15.2 Å². The molecule has 0 saturated heterocycles. The molecule has 83 valence electrons. The van der Waals surface area contributed by atoms with E-state index in [1.165, 1.54) is 0 Å². The maximum Gasteiger partial charge on any atom is 0.338 e. The van der Waals surface area contributed by atoms with E-state index >= 15 is 0 Å². The van der Waals surface area contributed by atoms with E-state index < -0.39 is 24.3 Å². The highest BCUT2D eigenvalue weighted by molar-refractivity contribution is 5.75. The summed E-state index contributed by atoms with van der Waals surface area (Å²) in [4.78, 5) is 11.3. The fourth-order valence-corrected chi connectivity index (χ4v) is 0.762. The Balaban J connectivity index is 4.04. The summed E-state index contributed by atoms with van der Waals surface area (Å²) in [5.41, 5.74) is 4.58. The maximum absolute atomic E-state index is 11.3. The van der Waals surface area contributed by atoms with Crippen molar-refractivity contribution in [3.8, 4) is 0 Å². The predicted octanol–water partition coefficient (Wildman–Crippen LogP) is 0.103. The normalized spacial score (nSPS) is 13.8. The first-order valence-corrected chi connectivity index (χ1v) is 4.53. The number of carbonyl (C=O) groups is 1. The minimum Gasteiger partial charge on any atom is -0.458 e. The zero-order valence-electron chi connectivity index (χ0n) is 8.91. The van der Waals surface area contributed by atoms with Crippen LogP contribution in [0.3, 0.4) is 0 Å². The Morgan fingerprint density at radius 3 is 2.36 bits per heavy atom. The van der Waals surface area contributed by atoms with E-state index in [0.717, 1.165) is 0 Å². The summed E-state index contributed by atoms with van der Waals surface area (Å²) in [5, 5.41) is 10.6. The average Bonchev–Trinajstić information content (AvgIpc) is 2.02. The van der Waals surface area contributed by atoms with E-state index in [2.05, 4.69) is 0 Å². The van der Waals surface area contributed by atoms with Crippen molar-refractivity contribution in [2.75, 3.05) is 19.8 Å². The maximum atomic E-state index is 11.3. The van der Waals surface area contributed by atoms with Crippen molar-refractivity contribution in [2.45, 2.75) is 32.5 Å². The van der Waals surface area contributed by atoms with Crippen LogP contribution in [-0.2, 0) is 19.4 Å². The molecule has 2 N–H and O–H groups in total. The number of rotatable bonds is 5. The van der Waals surface area contributed by atoms with Crippen molar-refractivity contribution in [3.05, 3.63) is 0 Å². The van der Waals surface area contributed by atoms with Crippen LogP contribution >= 0.6 is 0 Å². The van der Waals surface area contributed by atoms with Crippen LogP contribution in [0.25, 0.3) is 0 Å². The molecule has 0 aliphatic rings. The van der Waals surface area contributed by atoms with Gasteiger partial charge in [-0.1, -0.05) is 0 Å². The van der Waals surface area contributed by atoms with Crippen LogP contribution in [0.15, 0.2) is 0 Å². The first kappa shape index (κ1) is 13.4. The molecule has 14 heavy (non-hydrogen) atoms. The summed E-state index contributed by atoms with van der Waals surface area (Å²) in [6.07, 6.45) is -1.04. The molecule has 0 bridgehead atoms. The van der Waals surface area contributed by atoms with Crippen LogP contribution in [-0.4, -0.2) is 37.4 Å². The Labute approximate surface area is 84.2 Å².